The highest BCUT2D eigenvalue weighted by Gasteiger charge is 2.52. The molecule has 0 radical (unpaired) electrons. The van der Waals surface area contributed by atoms with Crippen molar-refractivity contribution in [2.75, 3.05) is 19.8 Å². The van der Waals surface area contributed by atoms with Crippen LogP contribution in [0, 0.1) is 0 Å². The molecular weight excluding hydrogens is 468 g/mol. The molecule has 10 N–H and O–H groups in total. The lowest BCUT2D eigenvalue weighted by Crippen LogP contribution is -2.66. The average Bonchev–Trinajstić information content (AvgIpc) is 2.83. The molecule has 6 unspecified atom stereocenters. The molecule has 3 saturated heterocycles. The molecule has 34 heavy (non-hydrogen) atoms. The molecule has 15 atom stereocenters. The predicted octanol–water partition coefficient (Wildman–Crippen LogP) is -6.50. The Balaban J connectivity index is 1.72. The van der Waals surface area contributed by atoms with E-state index in [9.17, 15) is 51.1 Å². The molecule has 15 heteroatoms. The minimum absolute atomic E-state index is 0.601. The van der Waals surface area contributed by atoms with Crippen molar-refractivity contribution in [2.45, 2.75) is 98.9 Å². The molecule has 3 fully saturated rings. The molecular formula is C19H34O15. The fourth-order valence-electron chi connectivity index (χ4n) is 4.26. The minimum atomic E-state index is -1.85. The van der Waals surface area contributed by atoms with Gasteiger partial charge in [0.25, 0.3) is 0 Å². The molecule has 3 aliphatic heterocycles. The summed E-state index contributed by atoms with van der Waals surface area (Å²) in [5, 5.41) is 100. The summed E-state index contributed by atoms with van der Waals surface area (Å²) in [7, 11) is 0. The smallest absolute Gasteiger partial charge is 0.187 e. The monoisotopic (exact) mass is 502 g/mol. The lowest BCUT2D eigenvalue weighted by Gasteiger charge is -2.48. The highest BCUT2D eigenvalue weighted by molar-refractivity contribution is 4.96. The Kier molecular flexibility index (Phi) is 9.57. The number of aliphatic hydroxyl groups is 10. The van der Waals surface area contributed by atoms with Crippen molar-refractivity contribution in [1.82, 2.24) is 0 Å². The van der Waals surface area contributed by atoms with Crippen LogP contribution in [0.5, 0.6) is 0 Å². The van der Waals surface area contributed by atoms with Gasteiger partial charge in [0.1, 0.15) is 73.2 Å². The quantitative estimate of drug-likeness (QED) is 0.155. The van der Waals surface area contributed by atoms with Crippen LogP contribution in [-0.4, -0.2) is 163 Å². The summed E-state index contributed by atoms with van der Waals surface area (Å²) in [6, 6.07) is 0. The Morgan fingerprint density at radius 1 is 0.500 bits per heavy atom. The van der Waals surface area contributed by atoms with Crippen molar-refractivity contribution in [3.05, 3.63) is 0 Å². The largest absolute Gasteiger partial charge is 0.394 e. The van der Waals surface area contributed by atoms with E-state index < -0.39 is 112 Å². The third-order valence-electron chi connectivity index (χ3n) is 6.35. The van der Waals surface area contributed by atoms with Crippen molar-refractivity contribution < 1.29 is 74.7 Å². The second kappa shape index (κ2) is 11.6. The van der Waals surface area contributed by atoms with Crippen molar-refractivity contribution in [3.63, 3.8) is 0 Å². The second-order valence-corrected chi connectivity index (χ2v) is 8.65. The summed E-state index contributed by atoms with van der Waals surface area (Å²) in [4.78, 5) is 0. The number of aliphatic hydroxyl groups excluding tert-OH is 10. The molecule has 0 amide bonds. The molecule has 3 heterocycles. The first-order valence-electron chi connectivity index (χ1n) is 10.9. The van der Waals surface area contributed by atoms with Gasteiger partial charge in [0.15, 0.2) is 12.6 Å². The van der Waals surface area contributed by atoms with Crippen LogP contribution in [0.2, 0.25) is 0 Å². The van der Waals surface area contributed by atoms with Crippen LogP contribution in [0.15, 0.2) is 0 Å². The molecule has 0 aromatic carbocycles. The molecule has 0 aromatic heterocycles. The highest BCUT2D eigenvalue weighted by Crippen LogP contribution is 2.32. The van der Waals surface area contributed by atoms with Crippen LogP contribution in [-0.2, 0) is 23.7 Å². The number of rotatable bonds is 7. The summed E-state index contributed by atoms with van der Waals surface area (Å²) in [5.41, 5.74) is 0. The van der Waals surface area contributed by atoms with Gasteiger partial charge in [-0.2, -0.15) is 0 Å². The van der Waals surface area contributed by atoms with E-state index in [2.05, 4.69) is 0 Å². The van der Waals surface area contributed by atoms with Crippen molar-refractivity contribution in [2.24, 2.45) is 0 Å². The number of hydrogen-bond donors (Lipinski definition) is 10. The predicted molar refractivity (Wildman–Crippen MR) is 105 cm³/mol. The van der Waals surface area contributed by atoms with Crippen molar-refractivity contribution >= 4 is 0 Å². The SMILES string of the molecule is C[C@@H]1OC(CO)[C@@H](O[C@@H]2OC(CO)[C@@H](OC3OC(CO)[C@@H](O)[C@H](O)[C@@H]3O)[C@H](O)C2O)[C@H](O)C1O. The zero-order valence-electron chi connectivity index (χ0n) is 18.3. The summed E-state index contributed by atoms with van der Waals surface area (Å²) in [5.74, 6) is 0. The molecule has 15 nitrogen and oxygen atoms in total. The standard InChI is InChI=1S/C19H34O15/c1-5-9(23)12(26)16(7(3-21)30-5)33-19-15(29)13(27)17(8(4-22)32-19)34-18-14(28)11(25)10(24)6(2-20)31-18/h5-29H,2-4H2,1H3/t5-,6?,7?,8?,9?,10+,11-,12+,13+,14-,15?,16+,17+,18?,19-/m0/s1. The number of hydrogen-bond acceptors (Lipinski definition) is 15. The molecule has 3 aliphatic rings. The Labute approximate surface area is 194 Å². The summed E-state index contributed by atoms with van der Waals surface area (Å²) < 4.78 is 27.1. The summed E-state index contributed by atoms with van der Waals surface area (Å²) in [6.07, 6.45) is -22.6. The van der Waals surface area contributed by atoms with Gasteiger partial charge in [-0.3, -0.25) is 0 Å². The van der Waals surface area contributed by atoms with Crippen LogP contribution in [0.25, 0.3) is 0 Å². The van der Waals surface area contributed by atoms with Gasteiger partial charge in [-0.15, -0.1) is 0 Å². The van der Waals surface area contributed by atoms with Crippen molar-refractivity contribution in [1.29, 1.82) is 0 Å². The van der Waals surface area contributed by atoms with Crippen LogP contribution < -0.4 is 0 Å². The third-order valence-corrected chi connectivity index (χ3v) is 6.35. The first-order valence-corrected chi connectivity index (χ1v) is 10.9. The molecule has 3 rings (SSSR count). The van der Waals surface area contributed by atoms with Gasteiger partial charge in [-0.1, -0.05) is 0 Å². The van der Waals surface area contributed by atoms with Gasteiger partial charge < -0.3 is 74.7 Å². The van der Waals surface area contributed by atoms with Crippen LogP contribution >= 0.6 is 0 Å². The van der Waals surface area contributed by atoms with E-state index in [1.807, 2.05) is 0 Å². The van der Waals surface area contributed by atoms with E-state index in [1.165, 1.54) is 6.92 Å². The summed E-state index contributed by atoms with van der Waals surface area (Å²) >= 11 is 0. The van der Waals surface area contributed by atoms with Gasteiger partial charge in [0.2, 0.25) is 0 Å². The minimum Gasteiger partial charge on any atom is -0.394 e. The first kappa shape index (κ1) is 28.0. The van der Waals surface area contributed by atoms with E-state index >= 15 is 0 Å². The van der Waals surface area contributed by atoms with E-state index in [0.717, 1.165) is 0 Å². The average molecular weight is 502 g/mol. The third kappa shape index (κ3) is 5.39. The summed E-state index contributed by atoms with van der Waals surface area (Å²) in [6.45, 7) is -0.626. The Bertz CT molecular complexity index is 635. The van der Waals surface area contributed by atoms with Gasteiger partial charge in [0.05, 0.1) is 25.9 Å². The molecule has 0 spiro atoms. The van der Waals surface area contributed by atoms with Gasteiger partial charge in [-0.05, 0) is 6.92 Å². The van der Waals surface area contributed by atoms with Gasteiger partial charge >= 0.3 is 0 Å². The first-order chi connectivity index (χ1) is 16.0. The fraction of sp³-hybridized carbons (Fsp3) is 1.00. The molecule has 0 aliphatic carbocycles. The molecule has 0 aromatic rings. The maximum Gasteiger partial charge on any atom is 0.187 e. The van der Waals surface area contributed by atoms with E-state index in [0.29, 0.717) is 0 Å². The normalized spacial score (nSPS) is 52.5. The lowest BCUT2D eigenvalue weighted by molar-refractivity contribution is -0.372. The molecule has 200 valence electrons. The fourth-order valence-corrected chi connectivity index (χ4v) is 4.26. The zero-order valence-corrected chi connectivity index (χ0v) is 18.3. The maximum absolute atomic E-state index is 10.6. The maximum atomic E-state index is 10.6. The van der Waals surface area contributed by atoms with E-state index in [1.54, 1.807) is 0 Å². The Morgan fingerprint density at radius 3 is 1.41 bits per heavy atom. The zero-order chi connectivity index (χ0) is 25.3. The van der Waals surface area contributed by atoms with Gasteiger partial charge in [-0.25, -0.2) is 0 Å². The highest BCUT2D eigenvalue weighted by atomic mass is 16.7. The van der Waals surface area contributed by atoms with Crippen molar-refractivity contribution in [3.8, 4) is 0 Å². The molecule has 0 saturated carbocycles. The van der Waals surface area contributed by atoms with E-state index in [4.69, 9.17) is 23.7 Å². The topological polar surface area (TPSA) is 248 Å². The number of ether oxygens (including phenoxy) is 5. The Morgan fingerprint density at radius 2 is 0.912 bits per heavy atom. The van der Waals surface area contributed by atoms with Crippen LogP contribution in [0.4, 0.5) is 0 Å². The van der Waals surface area contributed by atoms with Crippen LogP contribution in [0.3, 0.4) is 0 Å². The van der Waals surface area contributed by atoms with Crippen LogP contribution in [0.1, 0.15) is 6.92 Å². The lowest BCUT2D eigenvalue weighted by atomic mass is 9.94. The van der Waals surface area contributed by atoms with E-state index in [-0.39, 0.29) is 0 Å². The second-order valence-electron chi connectivity index (χ2n) is 8.65. The molecule has 0 bridgehead atoms. The van der Waals surface area contributed by atoms with Gasteiger partial charge in [0, 0.05) is 0 Å². The Hall–Kier alpha value is -0.600.